The fourth-order valence-corrected chi connectivity index (χ4v) is 3.38. The number of nitrogens with one attached hydrogen (secondary N) is 1. The van der Waals surface area contributed by atoms with Crippen LogP contribution in [0.15, 0.2) is 15.5 Å². The van der Waals surface area contributed by atoms with Crippen LogP contribution in [-0.2, 0) is 6.54 Å². The fraction of sp³-hybridized carbons (Fsp3) is 0.733. The second-order valence-corrected chi connectivity index (χ2v) is 7.09. The zero-order chi connectivity index (χ0) is 14.8. The SMILES string of the molecule is O=c1c(Br)c(NCC2CCCCC2O)cnn1CC1CC1. The van der Waals surface area contributed by atoms with Gasteiger partial charge in [-0.15, -0.1) is 0 Å². The molecule has 1 heterocycles. The third-order valence-electron chi connectivity index (χ3n) is 4.54. The monoisotopic (exact) mass is 355 g/mol. The summed E-state index contributed by atoms with van der Waals surface area (Å²) in [5.41, 5.74) is 0.654. The molecule has 2 aliphatic rings. The number of aliphatic hydroxyl groups is 1. The summed E-state index contributed by atoms with van der Waals surface area (Å²) >= 11 is 3.38. The van der Waals surface area contributed by atoms with Crippen molar-refractivity contribution in [1.29, 1.82) is 0 Å². The highest BCUT2D eigenvalue weighted by Crippen LogP contribution is 2.30. The van der Waals surface area contributed by atoms with Crippen molar-refractivity contribution < 1.29 is 5.11 Å². The number of hydrogen-bond donors (Lipinski definition) is 2. The van der Waals surface area contributed by atoms with Gasteiger partial charge in [0, 0.05) is 19.0 Å². The molecule has 0 amide bonds. The maximum Gasteiger partial charge on any atom is 0.283 e. The van der Waals surface area contributed by atoms with E-state index in [9.17, 15) is 9.90 Å². The van der Waals surface area contributed by atoms with Crippen molar-refractivity contribution in [1.82, 2.24) is 9.78 Å². The van der Waals surface area contributed by atoms with Gasteiger partial charge in [-0.1, -0.05) is 12.8 Å². The van der Waals surface area contributed by atoms with Gasteiger partial charge in [-0.3, -0.25) is 4.79 Å². The van der Waals surface area contributed by atoms with Crippen molar-refractivity contribution in [3.8, 4) is 0 Å². The second-order valence-electron chi connectivity index (χ2n) is 6.30. The lowest BCUT2D eigenvalue weighted by Crippen LogP contribution is -2.31. The van der Waals surface area contributed by atoms with Crippen molar-refractivity contribution in [2.45, 2.75) is 51.2 Å². The zero-order valence-corrected chi connectivity index (χ0v) is 13.7. The van der Waals surface area contributed by atoms with Crippen LogP contribution in [0.1, 0.15) is 38.5 Å². The Morgan fingerprint density at radius 3 is 2.81 bits per heavy atom. The van der Waals surface area contributed by atoms with E-state index in [1.807, 2.05) is 0 Å². The van der Waals surface area contributed by atoms with Gasteiger partial charge in [-0.2, -0.15) is 5.10 Å². The summed E-state index contributed by atoms with van der Waals surface area (Å²) in [7, 11) is 0. The van der Waals surface area contributed by atoms with E-state index in [0.29, 0.717) is 16.9 Å². The van der Waals surface area contributed by atoms with Gasteiger partial charge in [-0.25, -0.2) is 4.68 Å². The number of aromatic nitrogens is 2. The van der Waals surface area contributed by atoms with E-state index in [0.717, 1.165) is 31.5 Å². The first-order valence-corrected chi connectivity index (χ1v) is 8.62. The first-order chi connectivity index (χ1) is 10.1. The molecule has 0 bridgehead atoms. The minimum absolute atomic E-state index is 0.0731. The molecule has 0 spiro atoms. The summed E-state index contributed by atoms with van der Waals surface area (Å²) in [6, 6.07) is 0. The molecule has 2 fully saturated rings. The largest absolute Gasteiger partial charge is 0.393 e. The molecule has 2 atom stereocenters. The van der Waals surface area contributed by atoms with Crippen LogP contribution in [0.25, 0.3) is 0 Å². The predicted octanol–water partition coefficient (Wildman–Crippen LogP) is 2.38. The van der Waals surface area contributed by atoms with Gasteiger partial charge in [0.15, 0.2) is 0 Å². The van der Waals surface area contributed by atoms with Crippen LogP contribution in [0.5, 0.6) is 0 Å². The molecule has 2 unspecified atom stereocenters. The summed E-state index contributed by atoms with van der Waals surface area (Å²) in [4.78, 5) is 12.2. The molecule has 2 N–H and O–H groups in total. The number of aliphatic hydroxyl groups excluding tert-OH is 1. The fourth-order valence-electron chi connectivity index (χ4n) is 2.93. The van der Waals surface area contributed by atoms with E-state index in [4.69, 9.17) is 0 Å². The van der Waals surface area contributed by atoms with E-state index >= 15 is 0 Å². The third kappa shape index (κ3) is 3.66. The van der Waals surface area contributed by atoms with Gasteiger partial charge in [0.2, 0.25) is 0 Å². The van der Waals surface area contributed by atoms with E-state index in [-0.39, 0.29) is 17.6 Å². The average molecular weight is 356 g/mol. The molecule has 1 aromatic rings. The Morgan fingerprint density at radius 2 is 2.10 bits per heavy atom. The Kier molecular flexibility index (Phi) is 4.64. The molecule has 0 radical (unpaired) electrons. The molecule has 0 aromatic carbocycles. The van der Waals surface area contributed by atoms with Gasteiger partial charge in [0.25, 0.3) is 5.56 Å². The summed E-state index contributed by atoms with van der Waals surface area (Å²) < 4.78 is 2.09. The molecule has 2 aliphatic carbocycles. The van der Waals surface area contributed by atoms with Gasteiger partial charge >= 0.3 is 0 Å². The first kappa shape index (κ1) is 15.0. The molecule has 6 heteroatoms. The molecule has 3 rings (SSSR count). The Bertz CT molecular complexity index is 556. The van der Waals surface area contributed by atoms with Gasteiger partial charge in [-0.05, 0) is 47.5 Å². The zero-order valence-electron chi connectivity index (χ0n) is 12.1. The summed E-state index contributed by atoms with van der Waals surface area (Å²) in [5.74, 6) is 0.887. The van der Waals surface area contributed by atoms with Crippen molar-refractivity contribution in [3.05, 3.63) is 21.0 Å². The molecular weight excluding hydrogens is 334 g/mol. The number of rotatable bonds is 5. The number of nitrogens with zero attached hydrogens (tertiary/aromatic N) is 2. The van der Waals surface area contributed by atoms with Crippen LogP contribution in [-0.4, -0.2) is 27.5 Å². The van der Waals surface area contributed by atoms with Crippen molar-refractivity contribution in [3.63, 3.8) is 0 Å². The Morgan fingerprint density at radius 1 is 1.33 bits per heavy atom. The maximum absolute atomic E-state index is 12.2. The molecule has 0 saturated heterocycles. The normalized spacial score (nSPS) is 25.8. The minimum Gasteiger partial charge on any atom is -0.393 e. The lowest BCUT2D eigenvalue weighted by Gasteiger charge is -2.28. The molecule has 0 aliphatic heterocycles. The van der Waals surface area contributed by atoms with Crippen LogP contribution >= 0.6 is 15.9 Å². The van der Waals surface area contributed by atoms with Gasteiger partial charge < -0.3 is 10.4 Å². The Hall–Kier alpha value is -0.880. The molecule has 21 heavy (non-hydrogen) atoms. The number of halogens is 1. The quantitative estimate of drug-likeness (QED) is 0.850. The van der Waals surface area contributed by atoms with E-state index < -0.39 is 0 Å². The van der Waals surface area contributed by atoms with Gasteiger partial charge in [0.05, 0.1) is 18.0 Å². The number of hydrogen-bond acceptors (Lipinski definition) is 4. The smallest absolute Gasteiger partial charge is 0.283 e. The van der Waals surface area contributed by atoms with Crippen LogP contribution < -0.4 is 10.9 Å². The molecule has 1 aromatic heterocycles. The summed E-state index contributed by atoms with van der Waals surface area (Å²) in [6.07, 6.45) is 8.09. The first-order valence-electron chi connectivity index (χ1n) is 7.82. The van der Waals surface area contributed by atoms with Crippen molar-refractivity contribution in [2.75, 3.05) is 11.9 Å². The lowest BCUT2D eigenvalue weighted by atomic mass is 9.86. The van der Waals surface area contributed by atoms with Crippen LogP contribution in [0.4, 0.5) is 5.69 Å². The highest BCUT2D eigenvalue weighted by atomic mass is 79.9. The highest BCUT2D eigenvalue weighted by Gasteiger charge is 2.25. The molecular formula is C15H22BrN3O2. The standard InChI is InChI=1S/C15H22BrN3O2/c16-14-12(17-7-11-3-1-2-4-13(11)20)8-18-19(15(14)21)9-10-5-6-10/h8,10-11,13,17,20H,1-7,9H2. The number of anilines is 1. The second kappa shape index (κ2) is 6.48. The third-order valence-corrected chi connectivity index (χ3v) is 5.30. The Labute approximate surface area is 132 Å². The van der Waals surface area contributed by atoms with Crippen LogP contribution in [0.2, 0.25) is 0 Å². The van der Waals surface area contributed by atoms with Crippen molar-refractivity contribution in [2.24, 2.45) is 11.8 Å². The lowest BCUT2D eigenvalue weighted by molar-refractivity contribution is 0.0763. The highest BCUT2D eigenvalue weighted by molar-refractivity contribution is 9.10. The molecule has 116 valence electrons. The molecule has 5 nitrogen and oxygen atoms in total. The van der Waals surface area contributed by atoms with Crippen LogP contribution in [0.3, 0.4) is 0 Å². The topological polar surface area (TPSA) is 67.2 Å². The van der Waals surface area contributed by atoms with Crippen molar-refractivity contribution >= 4 is 21.6 Å². The maximum atomic E-state index is 12.2. The predicted molar refractivity (Wildman–Crippen MR) is 85.4 cm³/mol. The Balaban J connectivity index is 1.64. The van der Waals surface area contributed by atoms with Crippen LogP contribution in [0, 0.1) is 11.8 Å². The average Bonchev–Trinajstić information content (AvgIpc) is 3.29. The minimum atomic E-state index is -0.228. The van der Waals surface area contributed by atoms with E-state index in [2.05, 4.69) is 26.3 Å². The summed E-state index contributed by atoms with van der Waals surface area (Å²) in [6.45, 7) is 1.41. The van der Waals surface area contributed by atoms with E-state index in [1.165, 1.54) is 19.3 Å². The summed E-state index contributed by atoms with van der Waals surface area (Å²) in [5, 5.41) is 17.5. The van der Waals surface area contributed by atoms with Gasteiger partial charge in [0.1, 0.15) is 4.47 Å². The van der Waals surface area contributed by atoms with E-state index in [1.54, 1.807) is 10.9 Å². The molecule has 2 saturated carbocycles.